The predicted molar refractivity (Wildman–Crippen MR) is 70.1 cm³/mol. The minimum absolute atomic E-state index is 0.0893. The summed E-state index contributed by atoms with van der Waals surface area (Å²) in [7, 11) is 0. The molecule has 4 nitrogen and oxygen atoms in total. The molecule has 1 aromatic carbocycles. The Morgan fingerprint density at radius 2 is 2.00 bits per heavy atom. The molecule has 2 rings (SSSR count). The van der Waals surface area contributed by atoms with E-state index in [0.717, 1.165) is 18.2 Å². The number of anilines is 1. The van der Waals surface area contributed by atoms with Gasteiger partial charge in [0.25, 0.3) is 0 Å². The van der Waals surface area contributed by atoms with E-state index >= 15 is 0 Å². The monoisotopic (exact) mass is 280 g/mol. The van der Waals surface area contributed by atoms with E-state index in [-0.39, 0.29) is 24.2 Å². The highest BCUT2D eigenvalue weighted by molar-refractivity contribution is 5.81. The third kappa shape index (κ3) is 3.81. The highest BCUT2D eigenvalue weighted by Gasteiger charge is 2.11. The van der Waals surface area contributed by atoms with E-state index in [1.54, 1.807) is 19.1 Å². The van der Waals surface area contributed by atoms with Crippen LogP contribution in [0.3, 0.4) is 0 Å². The number of carbonyl (C=O) groups excluding carboxylic acids is 1. The zero-order chi connectivity index (χ0) is 14.5. The lowest BCUT2D eigenvalue weighted by molar-refractivity contribution is -0.120. The second kappa shape index (κ2) is 6.18. The number of rotatable bonds is 5. The van der Waals surface area contributed by atoms with Gasteiger partial charge in [-0.1, -0.05) is 0 Å². The van der Waals surface area contributed by atoms with Gasteiger partial charge in [0.15, 0.2) is 0 Å². The first-order valence-corrected chi connectivity index (χ1v) is 6.07. The van der Waals surface area contributed by atoms with Crippen LogP contribution < -0.4 is 10.6 Å². The summed E-state index contributed by atoms with van der Waals surface area (Å²) >= 11 is 0. The van der Waals surface area contributed by atoms with Gasteiger partial charge in [0.1, 0.15) is 17.4 Å². The van der Waals surface area contributed by atoms with Crippen LogP contribution in [0.5, 0.6) is 0 Å². The molecule has 1 unspecified atom stereocenters. The predicted octanol–water partition coefficient (Wildman–Crippen LogP) is 2.85. The Balaban J connectivity index is 1.86. The van der Waals surface area contributed by atoms with E-state index in [4.69, 9.17) is 4.42 Å². The number of hydrogen-bond acceptors (Lipinski definition) is 3. The van der Waals surface area contributed by atoms with Crippen molar-refractivity contribution in [3.05, 3.63) is 54.0 Å². The van der Waals surface area contributed by atoms with E-state index in [0.29, 0.717) is 5.76 Å². The van der Waals surface area contributed by atoms with E-state index in [2.05, 4.69) is 10.6 Å². The van der Waals surface area contributed by atoms with Gasteiger partial charge in [-0.2, -0.15) is 0 Å². The molecule has 2 aromatic rings. The number of hydrogen-bond donors (Lipinski definition) is 2. The number of carbonyl (C=O) groups is 1. The Labute approximate surface area is 114 Å². The average Bonchev–Trinajstić information content (AvgIpc) is 2.89. The molecule has 1 amide bonds. The van der Waals surface area contributed by atoms with Gasteiger partial charge in [0.2, 0.25) is 5.91 Å². The maximum Gasteiger partial charge on any atom is 0.239 e. The van der Waals surface area contributed by atoms with Gasteiger partial charge >= 0.3 is 0 Å². The molecule has 1 heterocycles. The molecule has 2 N–H and O–H groups in total. The summed E-state index contributed by atoms with van der Waals surface area (Å²) in [4.78, 5) is 11.7. The molecule has 0 saturated carbocycles. The Kier molecular flexibility index (Phi) is 4.34. The number of nitrogens with one attached hydrogen (secondary N) is 2. The molecule has 6 heteroatoms. The highest BCUT2D eigenvalue weighted by Crippen LogP contribution is 2.13. The SMILES string of the molecule is CC(NC(=O)CNc1cc(F)cc(F)c1)c1ccco1. The summed E-state index contributed by atoms with van der Waals surface area (Å²) in [6.45, 7) is 1.69. The van der Waals surface area contributed by atoms with Crippen LogP contribution in [-0.2, 0) is 4.79 Å². The van der Waals surface area contributed by atoms with Crippen molar-refractivity contribution in [2.75, 3.05) is 11.9 Å². The molecule has 20 heavy (non-hydrogen) atoms. The van der Waals surface area contributed by atoms with Gasteiger partial charge in [0.05, 0.1) is 18.8 Å². The molecule has 106 valence electrons. The minimum Gasteiger partial charge on any atom is -0.467 e. The van der Waals surface area contributed by atoms with Crippen LogP contribution in [0.1, 0.15) is 18.7 Å². The second-order valence-corrected chi connectivity index (χ2v) is 4.32. The van der Waals surface area contributed by atoms with Gasteiger partial charge in [-0.15, -0.1) is 0 Å². The van der Waals surface area contributed by atoms with Gasteiger partial charge in [-0.3, -0.25) is 4.79 Å². The Morgan fingerprint density at radius 1 is 1.30 bits per heavy atom. The maximum atomic E-state index is 13.0. The highest BCUT2D eigenvalue weighted by atomic mass is 19.1. The second-order valence-electron chi connectivity index (χ2n) is 4.32. The third-order valence-electron chi connectivity index (χ3n) is 2.66. The maximum absolute atomic E-state index is 13.0. The first-order valence-electron chi connectivity index (χ1n) is 6.07. The molecular formula is C14H14F2N2O2. The van der Waals surface area contributed by atoms with Crippen LogP contribution in [0.4, 0.5) is 14.5 Å². The smallest absolute Gasteiger partial charge is 0.239 e. The van der Waals surface area contributed by atoms with E-state index in [9.17, 15) is 13.6 Å². The lowest BCUT2D eigenvalue weighted by Crippen LogP contribution is -2.31. The molecule has 0 bridgehead atoms. The molecule has 0 saturated heterocycles. The molecule has 0 aliphatic rings. The van der Waals surface area contributed by atoms with Crippen LogP contribution >= 0.6 is 0 Å². The molecule has 0 spiro atoms. The van der Waals surface area contributed by atoms with Gasteiger partial charge in [-0.05, 0) is 31.2 Å². The Morgan fingerprint density at radius 3 is 2.60 bits per heavy atom. The normalized spacial score (nSPS) is 11.9. The quantitative estimate of drug-likeness (QED) is 0.885. The molecule has 1 atom stereocenters. The third-order valence-corrected chi connectivity index (χ3v) is 2.66. The summed E-state index contributed by atoms with van der Waals surface area (Å²) in [6, 6.07) is 6.21. The van der Waals surface area contributed by atoms with Crippen molar-refractivity contribution >= 4 is 11.6 Å². The Bertz CT molecular complexity index is 565. The molecule has 1 aromatic heterocycles. The van der Waals surface area contributed by atoms with Gasteiger partial charge in [-0.25, -0.2) is 8.78 Å². The lowest BCUT2D eigenvalue weighted by Gasteiger charge is -2.12. The van der Waals surface area contributed by atoms with Crippen molar-refractivity contribution in [3.63, 3.8) is 0 Å². The van der Waals surface area contributed by atoms with Crippen molar-refractivity contribution in [2.45, 2.75) is 13.0 Å². The molecular weight excluding hydrogens is 266 g/mol. The van der Waals surface area contributed by atoms with Gasteiger partial charge in [0, 0.05) is 11.8 Å². The van der Waals surface area contributed by atoms with Crippen molar-refractivity contribution < 1.29 is 18.0 Å². The number of furan rings is 1. The number of amides is 1. The lowest BCUT2D eigenvalue weighted by atomic mass is 10.2. The zero-order valence-corrected chi connectivity index (χ0v) is 10.8. The fraction of sp³-hybridized carbons (Fsp3) is 0.214. The van der Waals surface area contributed by atoms with E-state index < -0.39 is 11.6 Å². The van der Waals surface area contributed by atoms with Crippen molar-refractivity contribution in [2.24, 2.45) is 0 Å². The zero-order valence-electron chi connectivity index (χ0n) is 10.8. The number of benzene rings is 1. The summed E-state index contributed by atoms with van der Waals surface area (Å²) < 4.78 is 31.1. The van der Waals surface area contributed by atoms with Crippen LogP contribution in [0, 0.1) is 11.6 Å². The molecule has 0 radical (unpaired) electrons. The van der Waals surface area contributed by atoms with Crippen LogP contribution in [0.2, 0.25) is 0 Å². The van der Waals surface area contributed by atoms with Gasteiger partial charge < -0.3 is 15.1 Å². The van der Waals surface area contributed by atoms with Crippen molar-refractivity contribution in [3.8, 4) is 0 Å². The fourth-order valence-corrected chi connectivity index (χ4v) is 1.74. The average molecular weight is 280 g/mol. The summed E-state index contributed by atoms with van der Waals surface area (Å²) in [5.41, 5.74) is 0.211. The van der Waals surface area contributed by atoms with Crippen LogP contribution in [-0.4, -0.2) is 12.5 Å². The largest absolute Gasteiger partial charge is 0.467 e. The topological polar surface area (TPSA) is 54.3 Å². The molecule has 0 aliphatic carbocycles. The Hall–Kier alpha value is -2.37. The standard InChI is InChI=1S/C14H14F2N2O2/c1-9(13-3-2-4-20-13)18-14(19)8-17-12-6-10(15)5-11(16)7-12/h2-7,9,17H,8H2,1H3,(H,18,19). The van der Waals surface area contributed by atoms with E-state index in [1.807, 2.05) is 0 Å². The minimum atomic E-state index is -0.697. The van der Waals surface area contributed by atoms with Crippen LogP contribution in [0.25, 0.3) is 0 Å². The van der Waals surface area contributed by atoms with E-state index in [1.165, 1.54) is 6.26 Å². The first-order chi connectivity index (χ1) is 9.54. The van der Waals surface area contributed by atoms with Crippen molar-refractivity contribution in [1.82, 2.24) is 5.32 Å². The molecule has 0 fully saturated rings. The summed E-state index contributed by atoms with van der Waals surface area (Å²) in [5.74, 6) is -1.07. The fourth-order valence-electron chi connectivity index (χ4n) is 1.74. The summed E-state index contributed by atoms with van der Waals surface area (Å²) in [5, 5.41) is 5.35. The van der Waals surface area contributed by atoms with Crippen LogP contribution in [0.15, 0.2) is 41.0 Å². The van der Waals surface area contributed by atoms with Crippen molar-refractivity contribution in [1.29, 1.82) is 0 Å². The first kappa shape index (κ1) is 14.0. The summed E-state index contributed by atoms with van der Waals surface area (Å²) in [6.07, 6.45) is 1.52. The number of halogens is 2. The molecule has 0 aliphatic heterocycles.